The van der Waals surface area contributed by atoms with Gasteiger partial charge in [0.05, 0.1) is 46.2 Å². The topological polar surface area (TPSA) is 99.4 Å². The highest BCUT2D eigenvalue weighted by Gasteiger charge is 2.35. The van der Waals surface area contributed by atoms with Gasteiger partial charge in [-0.05, 0) is 71.0 Å². The van der Waals surface area contributed by atoms with Crippen LogP contribution in [0.4, 0.5) is 0 Å². The van der Waals surface area contributed by atoms with Crippen molar-refractivity contribution in [2.75, 3.05) is 20.8 Å². The van der Waals surface area contributed by atoms with Crippen LogP contribution in [0, 0.1) is 3.57 Å². The summed E-state index contributed by atoms with van der Waals surface area (Å²) in [7, 11) is 3.04. The molecule has 0 spiro atoms. The summed E-state index contributed by atoms with van der Waals surface area (Å²) in [4.78, 5) is 32.9. The number of thiazole rings is 1. The first-order chi connectivity index (χ1) is 19.4. The largest absolute Gasteiger partial charge is 0.504 e. The number of ether oxygens (including phenoxy) is 3. The number of aromatic nitrogens is 1. The van der Waals surface area contributed by atoms with Crippen molar-refractivity contribution in [3.8, 4) is 17.2 Å². The SMILES string of the molecule is CCOC(=O)C1=C(c2ccccc2)N=c2s/c(=C\c3cc(I)c(O)c(OC)c3)c(=O)n2[C@H]1c1cccc(OC)c1. The summed E-state index contributed by atoms with van der Waals surface area (Å²) in [5.41, 5.74) is 2.48. The minimum absolute atomic E-state index is 0.0336. The van der Waals surface area contributed by atoms with Gasteiger partial charge >= 0.3 is 5.97 Å². The van der Waals surface area contributed by atoms with Crippen LogP contribution in [-0.2, 0) is 9.53 Å². The maximum absolute atomic E-state index is 14.0. The van der Waals surface area contributed by atoms with Crippen LogP contribution < -0.4 is 24.4 Å². The molecule has 1 aliphatic heterocycles. The van der Waals surface area contributed by atoms with Gasteiger partial charge in [0.2, 0.25) is 0 Å². The number of phenolic OH excluding ortho intramolecular Hbond substituents is 1. The molecule has 1 aromatic heterocycles. The zero-order chi connectivity index (χ0) is 28.4. The van der Waals surface area contributed by atoms with Crippen LogP contribution in [0.5, 0.6) is 17.2 Å². The lowest BCUT2D eigenvalue weighted by molar-refractivity contribution is -0.138. The molecule has 0 fully saturated rings. The van der Waals surface area contributed by atoms with Crippen molar-refractivity contribution < 1.29 is 24.1 Å². The van der Waals surface area contributed by atoms with Gasteiger partial charge in [0.15, 0.2) is 16.3 Å². The molecule has 0 unspecified atom stereocenters. The maximum atomic E-state index is 14.0. The molecule has 0 aliphatic carbocycles. The van der Waals surface area contributed by atoms with Gasteiger partial charge in [0.1, 0.15) is 5.75 Å². The molecule has 204 valence electrons. The van der Waals surface area contributed by atoms with E-state index in [1.165, 1.54) is 23.0 Å². The highest BCUT2D eigenvalue weighted by atomic mass is 127. The van der Waals surface area contributed by atoms with Crippen molar-refractivity contribution in [2.45, 2.75) is 13.0 Å². The second kappa shape index (κ2) is 11.7. The van der Waals surface area contributed by atoms with E-state index in [4.69, 9.17) is 19.2 Å². The van der Waals surface area contributed by atoms with Crippen LogP contribution in [0.2, 0.25) is 0 Å². The molecule has 0 amide bonds. The van der Waals surface area contributed by atoms with Crippen LogP contribution in [-0.4, -0.2) is 36.5 Å². The Morgan fingerprint density at radius 2 is 1.88 bits per heavy atom. The first-order valence-corrected chi connectivity index (χ1v) is 14.2. The number of fused-ring (bicyclic) bond motifs is 1. The average molecular weight is 669 g/mol. The van der Waals surface area contributed by atoms with Crippen molar-refractivity contribution in [1.82, 2.24) is 4.57 Å². The van der Waals surface area contributed by atoms with Gasteiger partial charge < -0.3 is 19.3 Å². The van der Waals surface area contributed by atoms with E-state index >= 15 is 0 Å². The number of carbonyl (C=O) groups is 1. The van der Waals surface area contributed by atoms with E-state index in [0.29, 0.717) is 41.2 Å². The number of hydrogen-bond acceptors (Lipinski definition) is 8. The monoisotopic (exact) mass is 668 g/mol. The molecule has 40 heavy (non-hydrogen) atoms. The molecule has 1 atom stereocenters. The van der Waals surface area contributed by atoms with Crippen molar-refractivity contribution in [3.05, 3.63) is 112 Å². The van der Waals surface area contributed by atoms with Crippen LogP contribution >= 0.6 is 33.9 Å². The van der Waals surface area contributed by atoms with E-state index < -0.39 is 12.0 Å². The summed E-state index contributed by atoms with van der Waals surface area (Å²) in [6.07, 6.45) is 1.73. The molecule has 1 N–H and O–H groups in total. The predicted octanol–water partition coefficient (Wildman–Crippen LogP) is 4.26. The molecule has 0 saturated carbocycles. The summed E-state index contributed by atoms with van der Waals surface area (Å²) < 4.78 is 18.8. The van der Waals surface area contributed by atoms with E-state index in [9.17, 15) is 14.7 Å². The highest BCUT2D eigenvalue weighted by Crippen LogP contribution is 2.36. The molecule has 1 aliphatic rings. The standard InChI is InChI=1S/C30H25IN2O6S/c1-4-39-29(36)24-25(18-9-6-5-7-10-18)32-30-33(26(24)19-11-8-12-20(16-19)37-2)28(35)23(40-30)15-17-13-21(31)27(34)22(14-17)38-3/h5-16,26,34H,4H2,1-3H3/b23-15-/t26-/m0/s1. The summed E-state index contributed by atoms with van der Waals surface area (Å²) in [6.45, 7) is 1.91. The molecule has 0 saturated heterocycles. The third kappa shape index (κ3) is 5.16. The molecule has 3 aromatic carbocycles. The molecule has 0 radical (unpaired) electrons. The van der Waals surface area contributed by atoms with E-state index in [0.717, 1.165) is 5.56 Å². The Morgan fingerprint density at radius 1 is 1.10 bits per heavy atom. The van der Waals surface area contributed by atoms with Crippen molar-refractivity contribution in [1.29, 1.82) is 0 Å². The number of rotatable bonds is 7. The van der Waals surface area contributed by atoms with E-state index in [1.807, 2.05) is 71.1 Å². The first kappa shape index (κ1) is 27.7. The predicted molar refractivity (Wildman–Crippen MR) is 161 cm³/mol. The van der Waals surface area contributed by atoms with E-state index in [-0.39, 0.29) is 23.5 Å². The van der Waals surface area contributed by atoms with Crippen molar-refractivity contribution in [3.63, 3.8) is 0 Å². The maximum Gasteiger partial charge on any atom is 0.338 e. The zero-order valence-corrected chi connectivity index (χ0v) is 24.9. The Labute approximate surface area is 247 Å². The number of benzene rings is 3. The number of phenols is 1. The van der Waals surface area contributed by atoms with Gasteiger partial charge in [-0.3, -0.25) is 9.36 Å². The molecule has 10 heteroatoms. The van der Waals surface area contributed by atoms with Gasteiger partial charge in [-0.25, -0.2) is 9.79 Å². The fourth-order valence-corrected chi connectivity index (χ4v) is 6.18. The molecule has 2 heterocycles. The summed E-state index contributed by atoms with van der Waals surface area (Å²) in [5, 5.41) is 10.3. The average Bonchev–Trinajstić information content (AvgIpc) is 3.28. The van der Waals surface area contributed by atoms with Gasteiger partial charge in [0.25, 0.3) is 5.56 Å². The second-order valence-electron chi connectivity index (χ2n) is 8.76. The molecular weight excluding hydrogens is 643 g/mol. The van der Waals surface area contributed by atoms with Crippen LogP contribution in [0.1, 0.15) is 29.7 Å². The third-order valence-corrected chi connectivity index (χ3v) is 8.16. The summed E-state index contributed by atoms with van der Waals surface area (Å²) >= 11 is 3.23. The molecule has 5 rings (SSSR count). The van der Waals surface area contributed by atoms with Crippen LogP contribution in [0.3, 0.4) is 0 Å². The van der Waals surface area contributed by atoms with Gasteiger partial charge in [0, 0.05) is 5.56 Å². The smallest absolute Gasteiger partial charge is 0.338 e. The fourth-order valence-electron chi connectivity index (χ4n) is 4.55. The Balaban J connectivity index is 1.83. The minimum Gasteiger partial charge on any atom is -0.504 e. The Hall–Kier alpha value is -3.90. The summed E-state index contributed by atoms with van der Waals surface area (Å²) in [5.74, 6) is 0.374. The number of halogens is 1. The van der Waals surface area contributed by atoms with Crippen molar-refractivity contribution >= 4 is 51.7 Å². The van der Waals surface area contributed by atoms with E-state index in [2.05, 4.69) is 0 Å². The summed E-state index contributed by atoms with van der Waals surface area (Å²) in [6, 6.07) is 19.3. The minimum atomic E-state index is -0.808. The van der Waals surface area contributed by atoms with Gasteiger partial charge in [-0.15, -0.1) is 0 Å². The van der Waals surface area contributed by atoms with E-state index in [1.54, 1.807) is 38.3 Å². The Bertz CT molecular complexity index is 1810. The van der Waals surface area contributed by atoms with Crippen LogP contribution in [0.15, 0.2) is 82.1 Å². The number of methoxy groups -OCH3 is 2. The Kier molecular flexibility index (Phi) is 8.08. The third-order valence-electron chi connectivity index (χ3n) is 6.35. The second-order valence-corrected chi connectivity index (χ2v) is 10.9. The van der Waals surface area contributed by atoms with Crippen molar-refractivity contribution in [2.24, 2.45) is 4.99 Å². The lowest BCUT2D eigenvalue weighted by Crippen LogP contribution is -2.40. The Morgan fingerprint density at radius 3 is 2.58 bits per heavy atom. The molecule has 4 aromatic rings. The molecule has 8 nitrogen and oxygen atoms in total. The number of esters is 1. The zero-order valence-electron chi connectivity index (χ0n) is 21.9. The van der Waals surface area contributed by atoms with Gasteiger partial charge in [-0.1, -0.05) is 53.8 Å². The number of hydrogen-bond donors (Lipinski definition) is 1. The normalized spacial score (nSPS) is 14.9. The number of aromatic hydroxyl groups is 1. The number of carbonyl (C=O) groups excluding carboxylic acids is 1. The lowest BCUT2D eigenvalue weighted by atomic mass is 9.93. The van der Waals surface area contributed by atoms with Crippen LogP contribution in [0.25, 0.3) is 11.8 Å². The highest BCUT2D eigenvalue weighted by molar-refractivity contribution is 14.1. The number of nitrogens with zero attached hydrogens (tertiary/aromatic N) is 2. The molecular formula is C30H25IN2O6S. The fraction of sp³-hybridized carbons (Fsp3) is 0.167. The lowest BCUT2D eigenvalue weighted by Gasteiger charge is -2.26. The first-order valence-electron chi connectivity index (χ1n) is 12.3. The quantitative estimate of drug-likeness (QED) is 0.234. The van der Waals surface area contributed by atoms with Gasteiger partial charge in [-0.2, -0.15) is 0 Å². The molecule has 0 bridgehead atoms.